The van der Waals surface area contributed by atoms with Crippen LogP contribution in [0.3, 0.4) is 0 Å². The first-order valence-electron chi connectivity index (χ1n) is 8.78. The van der Waals surface area contributed by atoms with Crippen molar-refractivity contribution in [3.05, 3.63) is 23.7 Å². The fourth-order valence-corrected chi connectivity index (χ4v) is 4.16. The van der Waals surface area contributed by atoms with Crippen LogP contribution in [0.25, 0.3) is 0 Å². The van der Waals surface area contributed by atoms with Gasteiger partial charge in [0.05, 0.1) is 5.82 Å². The van der Waals surface area contributed by atoms with Crippen molar-refractivity contribution in [2.24, 2.45) is 16.9 Å². The molecule has 0 amide bonds. The molecule has 1 spiro atoms. The first kappa shape index (κ1) is 15.7. The summed E-state index contributed by atoms with van der Waals surface area (Å²) in [6.07, 6.45) is 10.7. The zero-order valence-electron chi connectivity index (χ0n) is 13.7. The van der Waals surface area contributed by atoms with Crippen LogP contribution in [0.2, 0.25) is 0 Å². The Balaban J connectivity index is 1.51. The van der Waals surface area contributed by atoms with Crippen molar-refractivity contribution in [1.29, 1.82) is 0 Å². The smallest absolute Gasteiger partial charge is 0.0958 e. The van der Waals surface area contributed by atoms with E-state index in [0.717, 1.165) is 32.0 Å². The highest BCUT2D eigenvalue weighted by Gasteiger charge is 2.38. The van der Waals surface area contributed by atoms with Crippen molar-refractivity contribution in [1.82, 2.24) is 15.1 Å². The summed E-state index contributed by atoms with van der Waals surface area (Å²) >= 11 is 0. The lowest BCUT2D eigenvalue weighted by Gasteiger charge is -2.48. The van der Waals surface area contributed by atoms with Crippen LogP contribution < -0.4 is 16.8 Å². The van der Waals surface area contributed by atoms with Gasteiger partial charge in [-0.3, -0.25) is 0 Å². The van der Waals surface area contributed by atoms with Crippen LogP contribution in [0.4, 0.5) is 0 Å². The fraction of sp³-hybridized carbons (Fsp3) is 0.765. The Bertz CT molecular complexity index is 424. The first-order chi connectivity index (χ1) is 10.7. The van der Waals surface area contributed by atoms with Crippen molar-refractivity contribution >= 4 is 0 Å². The van der Waals surface area contributed by atoms with Crippen LogP contribution in [0.15, 0.2) is 23.7 Å². The standard InChI is InChI=1S/C17H31N5/c18-8-1-16(19)22-13-6-17(7-14-22)4-11-21(12-5-17)15-2-9-20-10-3-15/h1-2,20H,3-14,18-19H2/b16-1+. The molecule has 2 fully saturated rings. The normalized spacial score (nSPS) is 26.2. The predicted molar refractivity (Wildman–Crippen MR) is 90.9 cm³/mol. The van der Waals surface area contributed by atoms with E-state index in [-0.39, 0.29) is 0 Å². The van der Waals surface area contributed by atoms with Gasteiger partial charge in [-0.05, 0) is 43.6 Å². The zero-order valence-corrected chi connectivity index (χ0v) is 13.7. The van der Waals surface area contributed by atoms with E-state index in [2.05, 4.69) is 21.2 Å². The van der Waals surface area contributed by atoms with E-state index in [9.17, 15) is 0 Å². The molecule has 5 heteroatoms. The lowest BCUT2D eigenvalue weighted by atomic mass is 9.71. The maximum atomic E-state index is 6.08. The average molecular weight is 305 g/mol. The van der Waals surface area contributed by atoms with E-state index in [1.807, 2.05) is 6.08 Å². The van der Waals surface area contributed by atoms with Gasteiger partial charge in [0.15, 0.2) is 0 Å². The largest absolute Gasteiger partial charge is 0.386 e. The zero-order chi connectivity index (χ0) is 15.4. The van der Waals surface area contributed by atoms with Gasteiger partial charge in [0.1, 0.15) is 0 Å². The van der Waals surface area contributed by atoms with Crippen LogP contribution in [0, 0.1) is 5.41 Å². The molecule has 0 aromatic rings. The van der Waals surface area contributed by atoms with E-state index < -0.39 is 0 Å². The highest BCUT2D eigenvalue weighted by molar-refractivity contribution is 5.08. The molecule has 0 aromatic heterocycles. The Morgan fingerprint density at radius 1 is 1.18 bits per heavy atom. The topological polar surface area (TPSA) is 70.5 Å². The number of nitrogens with one attached hydrogen (secondary N) is 1. The minimum absolute atomic E-state index is 0.534. The Kier molecular flexibility index (Phi) is 4.93. The minimum Gasteiger partial charge on any atom is -0.386 e. The average Bonchev–Trinajstić information content (AvgIpc) is 2.57. The molecule has 0 radical (unpaired) electrons. The summed E-state index contributed by atoms with van der Waals surface area (Å²) < 4.78 is 0. The van der Waals surface area contributed by atoms with Crippen molar-refractivity contribution in [3.8, 4) is 0 Å². The molecule has 3 aliphatic heterocycles. The Morgan fingerprint density at radius 3 is 2.45 bits per heavy atom. The van der Waals surface area contributed by atoms with Gasteiger partial charge in [-0.25, -0.2) is 0 Å². The summed E-state index contributed by atoms with van der Waals surface area (Å²) in [5, 5.41) is 3.40. The van der Waals surface area contributed by atoms with Crippen molar-refractivity contribution in [2.45, 2.75) is 32.1 Å². The van der Waals surface area contributed by atoms with Crippen molar-refractivity contribution < 1.29 is 0 Å². The molecule has 0 atom stereocenters. The van der Waals surface area contributed by atoms with E-state index in [1.165, 1.54) is 45.2 Å². The Labute approximate surface area is 134 Å². The number of likely N-dealkylation sites (tertiary alicyclic amines) is 2. The van der Waals surface area contributed by atoms with E-state index in [1.54, 1.807) is 5.70 Å². The molecule has 5 N–H and O–H groups in total. The van der Waals surface area contributed by atoms with Crippen LogP contribution in [0.1, 0.15) is 32.1 Å². The fourth-order valence-electron chi connectivity index (χ4n) is 4.16. The molecule has 0 unspecified atom stereocenters. The molecule has 2 saturated heterocycles. The molecule has 3 rings (SSSR count). The van der Waals surface area contributed by atoms with Gasteiger partial charge in [0.25, 0.3) is 0 Å². The quantitative estimate of drug-likeness (QED) is 0.719. The molecule has 0 saturated carbocycles. The summed E-state index contributed by atoms with van der Waals surface area (Å²) in [6.45, 7) is 7.37. The van der Waals surface area contributed by atoms with E-state index >= 15 is 0 Å². The minimum atomic E-state index is 0.534. The molecule has 124 valence electrons. The number of nitrogens with two attached hydrogens (primary N) is 2. The van der Waals surface area contributed by atoms with Gasteiger partial charge in [-0.1, -0.05) is 6.08 Å². The van der Waals surface area contributed by atoms with Crippen molar-refractivity contribution in [2.75, 3.05) is 45.8 Å². The van der Waals surface area contributed by atoms with Crippen LogP contribution >= 0.6 is 0 Å². The third-order valence-corrected chi connectivity index (χ3v) is 5.79. The molecule has 0 bridgehead atoms. The molecule has 3 aliphatic rings. The number of nitrogens with zero attached hydrogens (tertiary/aromatic N) is 2. The number of piperidine rings is 2. The highest BCUT2D eigenvalue weighted by Crippen LogP contribution is 2.42. The molecule has 0 aliphatic carbocycles. The van der Waals surface area contributed by atoms with Crippen LogP contribution in [-0.4, -0.2) is 55.6 Å². The first-order valence-corrected chi connectivity index (χ1v) is 8.78. The SMILES string of the molecule is NC/C=C(\N)N1CCC2(CCN(C3=CCNCC3)CC2)CC1. The molecular formula is C17H31N5. The number of hydrogen-bond acceptors (Lipinski definition) is 5. The van der Waals surface area contributed by atoms with E-state index in [4.69, 9.17) is 11.5 Å². The summed E-state index contributed by atoms with van der Waals surface area (Å²) in [6, 6.07) is 0. The molecule has 3 heterocycles. The third-order valence-electron chi connectivity index (χ3n) is 5.79. The second kappa shape index (κ2) is 6.92. The van der Waals surface area contributed by atoms with E-state index in [0.29, 0.717) is 12.0 Å². The lowest BCUT2D eigenvalue weighted by molar-refractivity contribution is 0.0546. The highest BCUT2D eigenvalue weighted by atomic mass is 15.2. The predicted octanol–water partition coefficient (Wildman–Crippen LogP) is 0.800. The van der Waals surface area contributed by atoms with Gasteiger partial charge in [-0.15, -0.1) is 0 Å². The maximum Gasteiger partial charge on any atom is 0.0958 e. The van der Waals surface area contributed by atoms with Crippen LogP contribution in [-0.2, 0) is 0 Å². The summed E-state index contributed by atoms with van der Waals surface area (Å²) in [7, 11) is 0. The summed E-state index contributed by atoms with van der Waals surface area (Å²) in [5.74, 6) is 0.870. The Hall–Kier alpha value is -1.20. The molecule has 22 heavy (non-hydrogen) atoms. The lowest BCUT2D eigenvalue weighted by Crippen LogP contribution is -2.47. The molecule has 0 aromatic carbocycles. The van der Waals surface area contributed by atoms with Crippen LogP contribution in [0.5, 0.6) is 0 Å². The summed E-state index contributed by atoms with van der Waals surface area (Å²) in [4.78, 5) is 4.93. The van der Waals surface area contributed by atoms with Gasteiger partial charge in [0, 0.05) is 51.5 Å². The van der Waals surface area contributed by atoms with Gasteiger partial charge in [-0.2, -0.15) is 0 Å². The maximum absolute atomic E-state index is 6.08. The van der Waals surface area contributed by atoms with Gasteiger partial charge >= 0.3 is 0 Å². The second-order valence-corrected chi connectivity index (χ2v) is 6.99. The number of hydrogen-bond donors (Lipinski definition) is 3. The molecular weight excluding hydrogens is 274 g/mol. The van der Waals surface area contributed by atoms with Gasteiger partial charge < -0.3 is 26.6 Å². The number of rotatable bonds is 3. The van der Waals surface area contributed by atoms with Crippen molar-refractivity contribution in [3.63, 3.8) is 0 Å². The molecule has 5 nitrogen and oxygen atoms in total. The monoisotopic (exact) mass is 305 g/mol. The third kappa shape index (κ3) is 3.41. The second-order valence-electron chi connectivity index (χ2n) is 6.99. The summed E-state index contributed by atoms with van der Waals surface area (Å²) in [5.41, 5.74) is 13.8. The Morgan fingerprint density at radius 2 is 1.86 bits per heavy atom. The van der Waals surface area contributed by atoms with Gasteiger partial charge in [0.2, 0.25) is 0 Å².